The fraction of sp³-hybridized carbons (Fsp3) is 0.800. The van der Waals surface area contributed by atoms with E-state index in [4.69, 9.17) is 9.47 Å². The molecule has 0 saturated heterocycles. The lowest BCUT2D eigenvalue weighted by molar-refractivity contribution is -0.163. The van der Waals surface area contributed by atoms with Crippen LogP contribution >= 0.6 is 0 Å². The lowest BCUT2D eigenvalue weighted by Crippen LogP contribution is -2.21. The van der Waals surface area contributed by atoms with Gasteiger partial charge in [0.05, 0.1) is 19.1 Å². The van der Waals surface area contributed by atoms with Gasteiger partial charge in [0.15, 0.2) is 0 Å². The molecule has 15 heavy (non-hydrogen) atoms. The average molecular weight is 226 g/mol. The van der Waals surface area contributed by atoms with Crippen LogP contribution in [0, 0.1) is 5.92 Å². The summed E-state index contributed by atoms with van der Waals surface area (Å²) in [7, 11) is 0. The molecule has 0 aliphatic heterocycles. The Labute approximate surface area is 88.1 Å². The molecular formula is C10H17F3O2. The average Bonchev–Trinajstić information content (AvgIpc) is 2.12. The molecule has 90 valence electrons. The predicted molar refractivity (Wildman–Crippen MR) is 51.2 cm³/mol. The van der Waals surface area contributed by atoms with E-state index in [1.165, 1.54) is 6.92 Å². The smallest absolute Gasteiger partial charge is 0.395 e. The molecular weight excluding hydrogens is 209 g/mol. The van der Waals surface area contributed by atoms with E-state index < -0.39 is 12.1 Å². The zero-order valence-electron chi connectivity index (χ0n) is 9.23. The summed E-state index contributed by atoms with van der Waals surface area (Å²) >= 11 is 0. The van der Waals surface area contributed by atoms with Crippen molar-refractivity contribution in [2.24, 2.45) is 5.92 Å². The summed E-state index contributed by atoms with van der Waals surface area (Å²) in [5.41, 5.74) is 0. The second-order valence-corrected chi connectivity index (χ2v) is 2.91. The molecule has 0 N–H and O–H groups in total. The van der Waals surface area contributed by atoms with Crippen molar-refractivity contribution >= 4 is 0 Å². The molecule has 0 aliphatic carbocycles. The van der Waals surface area contributed by atoms with Gasteiger partial charge in [-0.2, -0.15) is 13.2 Å². The third-order valence-corrected chi connectivity index (χ3v) is 1.77. The second-order valence-electron chi connectivity index (χ2n) is 2.91. The molecule has 0 heterocycles. The Morgan fingerprint density at radius 1 is 1.13 bits per heavy atom. The first kappa shape index (κ1) is 14.1. The van der Waals surface area contributed by atoms with Gasteiger partial charge >= 0.3 is 6.18 Å². The Morgan fingerprint density at radius 2 is 1.60 bits per heavy atom. The van der Waals surface area contributed by atoms with Crippen molar-refractivity contribution in [3.63, 3.8) is 0 Å². The molecule has 2 nitrogen and oxygen atoms in total. The van der Waals surface area contributed by atoms with Gasteiger partial charge < -0.3 is 9.47 Å². The fourth-order valence-electron chi connectivity index (χ4n) is 1.03. The number of alkyl halides is 3. The van der Waals surface area contributed by atoms with Gasteiger partial charge in [0, 0.05) is 6.08 Å². The van der Waals surface area contributed by atoms with Crippen LogP contribution in [0.25, 0.3) is 0 Å². The molecule has 0 spiro atoms. The van der Waals surface area contributed by atoms with Crippen LogP contribution in [0.2, 0.25) is 0 Å². The van der Waals surface area contributed by atoms with Crippen molar-refractivity contribution in [1.82, 2.24) is 0 Å². The van der Waals surface area contributed by atoms with E-state index in [1.807, 2.05) is 0 Å². The maximum Gasteiger partial charge on any atom is 0.395 e. The topological polar surface area (TPSA) is 18.5 Å². The minimum absolute atomic E-state index is 0.0207. The number of allylic oxidation sites excluding steroid dienone is 1. The van der Waals surface area contributed by atoms with Crippen LogP contribution in [-0.2, 0) is 9.47 Å². The highest BCUT2D eigenvalue weighted by Crippen LogP contribution is 2.30. The Hall–Kier alpha value is -0.870. The SMILES string of the molecule is CCOC(=CC(CC)C(F)(F)F)OCC. The van der Waals surface area contributed by atoms with Crippen LogP contribution in [0.15, 0.2) is 12.0 Å². The van der Waals surface area contributed by atoms with Crippen molar-refractivity contribution in [3.05, 3.63) is 12.0 Å². The molecule has 5 heteroatoms. The summed E-state index contributed by atoms with van der Waals surface area (Å²) in [5, 5.41) is 0. The van der Waals surface area contributed by atoms with Gasteiger partial charge in [-0.15, -0.1) is 0 Å². The molecule has 0 aliphatic rings. The quantitative estimate of drug-likeness (QED) is 0.645. The predicted octanol–water partition coefficient (Wildman–Crippen LogP) is 3.49. The van der Waals surface area contributed by atoms with Gasteiger partial charge in [0.25, 0.3) is 5.95 Å². The second kappa shape index (κ2) is 6.58. The highest BCUT2D eigenvalue weighted by molar-refractivity contribution is 4.93. The summed E-state index contributed by atoms with van der Waals surface area (Å²) < 4.78 is 47.1. The van der Waals surface area contributed by atoms with Gasteiger partial charge in [0.2, 0.25) is 0 Å². The summed E-state index contributed by atoms with van der Waals surface area (Å²) in [4.78, 5) is 0. The monoisotopic (exact) mass is 226 g/mol. The highest BCUT2D eigenvalue weighted by atomic mass is 19.4. The van der Waals surface area contributed by atoms with Crippen LogP contribution < -0.4 is 0 Å². The van der Waals surface area contributed by atoms with Crippen LogP contribution in [0.4, 0.5) is 13.2 Å². The van der Waals surface area contributed by atoms with Crippen molar-refractivity contribution in [2.45, 2.75) is 33.4 Å². The fourth-order valence-corrected chi connectivity index (χ4v) is 1.03. The molecule has 0 fully saturated rings. The zero-order valence-corrected chi connectivity index (χ0v) is 9.23. The molecule has 0 aromatic rings. The molecule has 0 aromatic heterocycles. The molecule has 0 aromatic carbocycles. The molecule has 0 rings (SSSR count). The van der Waals surface area contributed by atoms with Crippen LogP contribution in [0.5, 0.6) is 0 Å². The zero-order chi connectivity index (χ0) is 11.9. The number of hydrogen-bond acceptors (Lipinski definition) is 2. The van der Waals surface area contributed by atoms with E-state index in [-0.39, 0.29) is 12.4 Å². The van der Waals surface area contributed by atoms with E-state index in [0.29, 0.717) is 13.2 Å². The Bertz CT molecular complexity index is 191. The molecule has 0 saturated carbocycles. The van der Waals surface area contributed by atoms with Crippen LogP contribution in [-0.4, -0.2) is 19.4 Å². The molecule has 1 atom stereocenters. The van der Waals surface area contributed by atoms with Crippen molar-refractivity contribution in [3.8, 4) is 0 Å². The van der Waals surface area contributed by atoms with Gasteiger partial charge in [-0.05, 0) is 20.3 Å². The maximum atomic E-state index is 12.4. The minimum atomic E-state index is -4.24. The Kier molecular flexibility index (Phi) is 6.20. The number of hydrogen-bond donors (Lipinski definition) is 0. The lowest BCUT2D eigenvalue weighted by Gasteiger charge is -2.16. The summed E-state index contributed by atoms with van der Waals surface area (Å²) in [6, 6.07) is 0. The largest absolute Gasteiger partial charge is 0.466 e. The Balaban J connectivity index is 4.59. The number of halogens is 3. The van der Waals surface area contributed by atoms with Crippen molar-refractivity contribution in [1.29, 1.82) is 0 Å². The van der Waals surface area contributed by atoms with E-state index in [0.717, 1.165) is 6.08 Å². The molecule has 1 unspecified atom stereocenters. The molecule has 0 radical (unpaired) electrons. The van der Waals surface area contributed by atoms with Crippen molar-refractivity contribution in [2.75, 3.05) is 13.2 Å². The molecule has 0 bridgehead atoms. The minimum Gasteiger partial charge on any atom is -0.466 e. The number of ether oxygens (including phenoxy) is 2. The first-order chi connectivity index (χ1) is 6.95. The summed E-state index contributed by atoms with van der Waals surface area (Å²) in [6.45, 7) is 5.45. The van der Waals surface area contributed by atoms with Gasteiger partial charge in [-0.3, -0.25) is 0 Å². The van der Waals surface area contributed by atoms with E-state index in [1.54, 1.807) is 13.8 Å². The third kappa shape index (κ3) is 5.54. The first-order valence-corrected chi connectivity index (χ1v) is 4.99. The third-order valence-electron chi connectivity index (χ3n) is 1.77. The molecule has 0 amide bonds. The van der Waals surface area contributed by atoms with Gasteiger partial charge in [-0.25, -0.2) is 0 Å². The Morgan fingerprint density at radius 3 is 1.87 bits per heavy atom. The lowest BCUT2D eigenvalue weighted by atomic mass is 10.1. The van der Waals surface area contributed by atoms with Crippen LogP contribution in [0.1, 0.15) is 27.2 Å². The van der Waals surface area contributed by atoms with Crippen LogP contribution in [0.3, 0.4) is 0 Å². The standard InChI is InChI=1S/C10H17F3O2/c1-4-8(10(11,12)13)7-9(14-5-2)15-6-3/h7-8H,4-6H2,1-3H3. The normalized spacial score (nSPS) is 13.2. The van der Waals surface area contributed by atoms with E-state index >= 15 is 0 Å². The highest BCUT2D eigenvalue weighted by Gasteiger charge is 2.37. The van der Waals surface area contributed by atoms with Gasteiger partial charge in [0.1, 0.15) is 0 Å². The number of rotatable bonds is 6. The summed E-state index contributed by atoms with van der Waals surface area (Å²) in [6.07, 6.45) is -3.27. The maximum absolute atomic E-state index is 12.4. The summed E-state index contributed by atoms with van der Waals surface area (Å²) in [5.74, 6) is -1.55. The van der Waals surface area contributed by atoms with E-state index in [2.05, 4.69) is 0 Å². The first-order valence-electron chi connectivity index (χ1n) is 4.99. The van der Waals surface area contributed by atoms with Crippen molar-refractivity contribution < 1.29 is 22.6 Å². The van der Waals surface area contributed by atoms with Gasteiger partial charge in [-0.1, -0.05) is 6.92 Å². The van der Waals surface area contributed by atoms with E-state index in [9.17, 15) is 13.2 Å².